The maximum Gasteiger partial charge on any atom is 0.410 e. The highest BCUT2D eigenvalue weighted by Gasteiger charge is 2.38. The summed E-state index contributed by atoms with van der Waals surface area (Å²) >= 11 is 0. The van der Waals surface area contributed by atoms with Crippen LogP contribution in [0.5, 0.6) is 0 Å². The molecule has 1 fully saturated rings. The molecule has 27 heavy (non-hydrogen) atoms. The van der Waals surface area contributed by atoms with Crippen molar-refractivity contribution in [2.45, 2.75) is 31.2 Å². The molecule has 1 amide bonds. The van der Waals surface area contributed by atoms with E-state index in [0.717, 1.165) is 30.4 Å². The number of amides is 1. The molecule has 0 spiro atoms. The predicted octanol–water partition coefficient (Wildman–Crippen LogP) is 4.12. The van der Waals surface area contributed by atoms with E-state index in [9.17, 15) is 14.7 Å². The minimum atomic E-state index is -0.962. The van der Waals surface area contributed by atoms with E-state index < -0.39 is 18.1 Å². The van der Waals surface area contributed by atoms with Crippen molar-refractivity contribution in [3.8, 4) is 11.1 Å². The average molecular weight is 365 g/mol. The molecule has 1 unspecified atom stereocenters. The highest BCUT2D eigenvalue weighted by atomic mass is 16.6. The number of carbonyl (C=O) groups excluding carboxylic acids is 1. The van der Waals surface area contributed by atoms with Crippen molar-refractivity contribution in [3.05, 3.63) is 59.7 Å². The van der Waals surface area contributed by atoms with Crippen LogP contribution in [-0.4, -0.2) is 41.8 Å². The highest BCUT2D eigenvalue weighted by molar-refractivity contribution is 5.81. The molecule has 2 aromatic rings. The van der Waals surface area contributed by atoms with Crippen LogP contribution in [0.3, 0.4) is 0 Å². The van der Waals surface area contributed by atoms with Crippen molar-refractivity contribution in [1.82, 2.24) is 4.90 Å². The number of hydrogen-bond acceptors (Lipinski definition) is 3. The van der Waals surface area contributed by atoms with E-state index in [-0.39, 0.29) is 18.4 Å². The van der Waals surface area contributed by atoms with Crippen molar-refractivity contribution in [2.24, 2.45) is 5.92 Å². The van der Waals surface area contributed by atoms with Gasteiger partial charge in [0.1, 0.15) is 12.6 Å². The van der Waals surface area contributed by atoms with Crippen LogP contribution < -0.4 is 0 Å². The smallest absolute Gasteiger partial charge is 0.410 e. The topological polar surface area (TPSA) is 66.8 Å². The Morgan fingerprint density at radius 1 is 1.07 bits per heavy atom. The quantitative estimate of drug-likeness (QED) is 0.865. The van der Waals surface area contributed by atoms with Gasteiger partial charge in [-0.2, -0.15) is 0 Å². The van der Waals surface area contributed by atoms with Crippen molar-refractivity contribution < 1.29 is 19.4 Å². The number of likely N-dealkylation sites (N-methyl/N-ethyl adjacent to an activating group) is 1. The Morgan fingerprint density at radius 3 is 2.11 bits per heavy atom. The van der Waals surface area contributed by atoms with E-state index >= 15 is 0 Å². The van der Waals surface area contributed by atoms with Gasteiger partial charge in [0.2, 0.25) is 0 Å². The van der Waals surface area contributed by atoms with Gasteiger partial charge in [0, 0.05) is 13.0 Å². The maximum absolute atomic E-state index is 12.6. The molecular weight excluding hydrogens is 342 g/mol. The third-order valence-corrected chi connectivity index (χ3v) is 5.89. The first-order valence-electron chi connectivity index (χ1n) is 9.38. The van der Waals surface area contributed by atoms with E-state index in [1.807, 2.05) is 24.3 Å². The van der Waals surface area contributed by atoms with Crippen LogP contribution in [0.4, 0.5) is 4.79 Å². The minimum absolute atomic E-state index is 0.0213. The number of ether oxygens (including phenoxy) is 1. The summed E-state index contributed by atoms with van der Waals surface area (Å²) in [5, 5.41) is 9.52. The fourth-order valence-corrected chi connectivity index (χ4v) is 4.25. The zero-order valence-corrected chi connectivity index (χ0v) is 15.3. The van der Waals surface area contributed by atoms with Gasteiger partial charge in [-0.3, -0.25) is 4.90 Å². The molecule has 2 aromatic carbocycles. The molecule has 5 heteroatoms. The van der Waals surface area contributed by atoms with Crippen LogP contribution in [0, 0.1) is 5.92 Å². The number of nitrogens with zero attached hydrogens (tertiary/aromatic N) is 1. The number of fused-ring (bicyclic) bond motifs is 3. The molecule has 0 heterocycles. The fraction of sp³-hybridized carbons (Fsp3) is 0.364. The Balaban J connectivity index is 1.50. The molecule has 0 radical (unpaired) electrons. The summed E-state index contributed by atoms with van der Waals surface area (Å²) < 4.78 is 5.58. The molecule has 5 nitrogen and oxygen atoms in total. The van der Waals surface area contributed by atoms with Gasteiger partial charge < -0.3 is 9.84 Å². The van der Waals surface area contributed by atoms with E-state index in [1.165, 1.54) is 23.1 Å². The molecule has 2 aliphatic carbocycles. The largest absolute Gasteiger partial charge is 0.480 e. The molecule has 1 atom stereocenters. The van der Waals surface area contributed by atoms with Crippen molar-refractivity contribution >= 4 is 12.1 Å². The molecule has 1 saturated carbocycles. The molecule has 140 valence electrons. The number of carboxylic acid groups (broad SMARTS) is 1. The van der Waals surface area contributed by atoms with Gasteiger partial charge in [0.15, 0.2) is 0 Å². The maximum atomic E-state index is 12.6. The van der Waals surface area contributed by atoms with Crippen molar-refractivity contribution in [1.29, 1.82) is 0 Å². The summed E-state index contributed by atoms with van der Waals surface area (Å²) in [6, 6.07) is 15.5. The van der Waals surface area contributed by atoms with Crippen LogP contribution in [-0.2, 0) is 9.53 Å². The lowest BCUT2D eigenvalue weighted by atomic mass is 9.79. The zero-order valence-electron chi connectivity index (χ0n) is 15.3. The molecule has 1 N–H and O–H groups in total. The van der Waals surface area contributed by atoms with Gasteiger partial charge in [0.25, 0.3) is 0 Å². The van der Waals surface area contributed by atoms with Gasteiger partial charge in [-0.25, -0.2) is 9.59 Å². The Bertz CT molecular complexity index is 829. The van der Waals surface area contributed by atoms with Gasteiger partial charge in [-0.15, -0.1) is 0 Å². The second-order valence-corrected chi connectivity index (χ2v) is 7.39. The molecule has 4 rings (SSSR count). The van der Waals surface area contributed by atoms with Gasteiger partial charge in [0.05, 0.1) is 0 Å². The third-order valence-electron chi connectivity index (χ3n) is 5.89. The summed E-state index contributed by atoms with van der Waals surface area (Å²) in [6.45, 7) is 0.203. The first kappa shape index (κ1) is 17.6. The molecule has 0 bridgehead atoms. The van der Waals surface area contributed by atoms with E-state index in [0.29, 0.717) is 0 Å². The second-order valence-electron chi connectivity index (χ2n) is 7.39. The third kappa shape index (κ3) is 3.07. The Kier molecular flexibility index (Phi) is 4.60. The number of benzene rings is 2. The van der Waals surface area contributed by atoms with Crippen molar-refractivity contribution in [2.75, 3.05) is 13.7 Å². The van der Waals surface area contributed by atoms with Gasteiger partial charge in [-0.05, 0) is 41.0 Å². The first-order valence-corrected chi connectivity index (χ1v) is 9.38. The average Bonchev–Trinajstić information content (AvgIpc) is 2.95. The van der Waals surface area contributed by atoms with E-state index in [2.05, 4.69) is 24.3 Å². The first-order chi connectivity index (χ1) is 13.1. The number of hydrogen-bond donors (Lipinski definition) is 1. The summed E-state index contributed by atoms with van der Waals surface area (Å²) in [5.41, 5.74) is 4.62. The predicted molar refractivity (Wildman–Crippen MR) is 102 cm³/mol. The molecule has 0 aliphatic heterocycles. The van der Waals surface area contributed by atoms with Crippen LogP contribution in [0.1, 0.15) is 36.3 Å². The lowest BCUT2D eigenvalue weighted by Crippen LogP contribution is -2.49. The molecule has 0 aromatic heterocycles. The Hall–Kier alpha value is -2.82. The second kappa shape index (κ2) is 7.06. The summed E-state index contributed by atoms with van der Waals surface area (Å²) in [5.74, 6) is -0.967. The van der Waals surface area contributed by atoms with E-state index in [4.69, 9.17) is 4.74 Å². The molecular formula is C22H23NO4. The summed E-state index contributed by atoms with van der Waals surface area (Å²) in [4.78, 5) is 25.4. The summed E-state index contributed by atoms with van der Waals surface area (Å²) in [6.07, 6.45) is 2.14. The lowest BCUT2D eigenvalue weighted by Gasteiger charge is -2.36. The van der Waals surface area contributed by atoms with Crippen LogP contribution in [0.15, 0.2) is 48.5 Å². The monoisotopic (exact) mass is 365 g/mol. The summed E-state index contributed by atoms with van der Waals surface area (Å²) in [7, 11) is 1.52. The fourth-order valence-electron chi connectivity index (χ4n) is 4.25. The van der Waals surface area contributed by atoms with Crippen LogP contribution in [0.25, 0.3) is 11.1 Å². The Morgan fingerprint density at radius 2 is 1.63 bits per heavy atom. The van der Waals surface area contributed by atoms with Gasteiger partial charge >= 0.3 is 12.1 Å². The lowest BCUT2D eigenvalue weighted by molar-refractivity contribution is -0.145. The minimum Gasteiger partial charge on any atom is -0.480 e. The number of carbonyl (C=O) groups is 2. The van der Waals surface area contributed by atoms with E-state index in [1.54, 1.807) is 0 Å². The van der Waals surface area contributed by atoms with Crippen molar-refractivity contribution in [3.63, 3.8) is 0 Å². The molecule has 2 aliphatic rings. The zero-order chi connectivity index (χ0) is 19.0. The van der Waals surface area contributed by atoms with Crippen LogP contribution >= 0.6 is 0 Å². The standard InChI is InChI=1S/C22H23NO4/c1-23(20(21(24)25)14-7-6-8-14)22(26)27-13-19-17-11-4-2-9-15(17)16-10-3-5-12-18(16)19/h2-5,9-12,14,19-20H,6-8,13H2,1H3,(H,24,25). The number of aliphatic carboxylic acids is 1. The van der Waals surface area contributed by atoms with Crippen LogP contribution in [0.2, 0.25) is 0 Å². The molecule has 0 saturated heterocycles. The Labute approximate surface area is 158 Å². The number of carboxylic acids is 1. The normalized spacial score (nSPS) is 16.8. The van der Waals surface area contributed by atoms with Gasteiger partial charge in [-0.1, -0.05) is 55.0 Å². The SMILES string of the molecule is CN(C(=O)OCC1c2ccccc2-c2ccccc21)C(C(=O)O)C1CCC1. The number of rotatable bonds is 5. The highest BCUT2D eigenvalue weighted by Crippen LogP contribution is 2.44.